The molecule has 1 amide bonds. The maximum absolute atomic E-state index is 14.2. The lowest BCUT2D eigenvalue weighted by atomic mass is 10.0. The minimum absolute atomic E-state index is 0.0627. The second kappa shape index (κ2) is 6.24. The van der Waals surface area contributed by atoms with E-state index in [4.69, 9.17) is 0 Å². The Morgan fingerprint density at radius 1 is 1.17 bits per heavy atom. The van der Waals surface area contributed by atoms with E-state index in [1.54, 1.807) is 12.1 Å². The predicted octanol–water partition coefficient (Wildman–Crippen LogP) is 2.93. The number of anilines is 2. The first-order valence-corrected chi connectivity index (χ1v) is 9.01. The lowest BCUT2D eigenvalue weighted by Crippen LogP contribution is -2.36. The van der Waals surface area contributed by atoms with Gasteiger partial charge in [-0.2, -0.15) is 0 Å². The van der Waals surface area contributed by atoms with Gasteiger partial charge in [-0.1, -0.05) is 12.1 Å². The zero-order valence-corrected chi connectivity index (χ0v) is 13.9. The van der Waals surface area contributed by atoms with Gasteiger partial charge >= 0.3 is 0 Å². The van der Waals surface area contributed by atoms with Crippen LogP contribution in [0.5, 0.6) is 0 Å². The van der Waals surface area contributed by atoms with Crippen LogP contribution in [0.25, 0.3) is 0 Å². The molecule has 0 fully saturated rings. The summed E-state index contributed by atoms with van der Waals surface area (Å²) in [6, 6.07) is 10.5. The average molecular weight is 348 g/mol. The number of amides is 1. The molecule has 0 radical (unpaired) electrons. The van der Waals surface area contributed by atoms with Crippen LogP contribution in [-0.2, 0) is 21.2 Å². The Morgan fingerprint density at radius 3 is 2.54 bits per heavy atom. The second-order valence-electron chi connectivity index (χ2n) is 5.63. The number of hydrogen-bond donors (Lipinski definition) is 1. The summed E-state index contributed by atoms with van der Waals surface area (Å²) in [5, 5.41) is 2.58. The number of halogens is 1. The first kappa shape index (κ1) is 16.4. The fraction of sp³-hybridized carbons (Fsp3) is 0.235. The van der Waals surface area contributed by atoms with E-state index in [1.165, 1.54) is 37.3 Å². The molecule has 7 heteroatoms. The van der Waals surface area contributed by atoms with Gasteiger partial charge in [0.2, 0.25) is 5.91 Å². The Bertz CT molecular complexity index is 879. The summed E-state index contributed by atoms with van der Waals surface area (Å²) in [7, 11) is -3.86. The molecule has 2 aromatic rings. The minimum atomic E-state index is -3.86. The third-order valence-corrected chi connectivity index (χ3v) is 5.70. The zero-order chi connectivity index (χ0) is 17.3. The van der Waals surface area contributed by atoms with Gasteiger partial charge in [0.15, 0.2) is 0 Å². The number of nitrogens with one attached hydrogen (secondary N) is 1. The molecule has 0 aromatic heterocycles. The van der Waals surface area contributed by atoms with Crippen LogP contribution in [0.4, 0.5) is 15.8 Å². The Morgan fingerprint density at radius 2 is 1.88 bits per heavy atom. The highest BCUT2D eigenvalue weighted by atomic mass is 32.2. The van der Waals surface area contributed by atoms with Gasteiger partial charge in [-0.05, 0) is 48.7 Å². The van der Waals surface area contributed by atoms with Crippen LogP contribution >= 0.6 is 0 Å². The molecule has 1 aliphatic rings. The molecule has 1 N–H and O–H groups in total. The lowest BCUT2D eigenvalue weighted by molar-refractivity contribution is -0.114. The third kappa shape index (κ3) is 2.99. The number of carbonyl (C=O) groups excluding carboxylic acids is 1. The van der Waals surface area contributed by atoms with Crippen LogP contribution in [0.3, 0.4) is 0 Å². The predicted molar refractivity (Wildman–Crippen MR) is 90.0 cm³/mol. The van der Waals surface area contributed by atoms with E-state index < -0.39 is 15.8 Å². The quantitative estimate of drug-likeness (QED) is 0.927. The Balaban J connectivity index is 1.99. The topological polar surface area (TPSA) is 66.5 Å². The van der Waals surface area contributed by atoms with Gasteiger partial charge in [-0.3, -0.25) is 9.10 Å². The molecule has 2 aromatic carbocycles. The van der Waals surface area contributed by atoms with E-state index in [9.17, 15) is 17.6 Å². The molecule has 3 rings (SSSR count). The number of nitrogens with zero attached hydrogens (tertiary/aromatic N) is 1. The van der Waals surface area contributed by atoms with Crippen molar-refractivity contribution in [2.45, 2.75) is 24.7 Å². The normalized spacial score (nSPS) is 14.2. The molecule has 0 aliphatic carbocycles. The highest BCUT2D eigenvalue weighted by molar-refractivity contribution is 7.92. The number of benzene rings is 2. The van der Waals surface area contributed by atoms with E-state index >= 15 is 0 Å². The van der Waals surface area contributed by atoms with Crippen molar-refractivity contribution in [3.8, 4) is 0 Å². The van der Waals surface area contributed by atoms with Crippen LogP contribution in [0.2, 0.25) is 0 Å². The molecule has 24 heavy (non-hydrogen) atoms. The van der Waals surface area contributed by atoms with Crippen molar-refractivity contribution >= 4 is 27.3 Å². The summed E-state index contributed by atoms with van der Waals surface area (Å²) in [5.74, 6) is -0.775. The van der Waals surface area contributed by atoms with Crippen molar-refractivity contribution in [2.75, 3.05) is 16.2 Å². The smallest absolute Gasteiger partial charge is 0.264 e. The molecule has 0 bridgehead atoms. The average Bonchev–Trinajstić information content (AvgIpc) is 2.54. The number of hydrogen-bond acceptors (Lipinski definition) is 3. The molecule has 0 atom stereocenters. The van der Waals surface area contributed by atoms with E-state index in [2.05, 4.69) is 5.32 Å². The summed E-state index contributed by atoms with van der Waals surface area (Å²) < 4.78 is 41.2. The standard InChI is InChI=1S/C17H17FN2O3S/c1-12(21)19-14-7-9-15(10-8-14)24(22,23)20-11-3-5-13-4-2-6-16(18)17(13)20/h2,4,6-10H,3,5,11H2,1H3,(H,19,21). The number of aryl methyl sites for hydroxylation is 1. The van der Waals surface area contributed by atoms with Crippen LogP contribution in [0, 0.1) is 5.82 Å². The highest BCUT2D eigenvalue weighted by Gasteiger charge is 2.31. The van der Waals surface area contributed by atoms with Gasteiger partial charge in [0.1, 0.15) is 5.82 Å². The van der Waals surface area contributed by atoms with Gasteiger partial charge < -0.3 is 5.32 Å². The summed E-state index contributed by atoms with van der Waals surface area (Å²) in [6.45, 7) is 1.61. The fourth-order valence-electron chi connectivity index (χ4n) is 2.85. The Labute approximate surface area is 140 Å². The molecule has 0 unspecified atom stereocenters. The Hall–Kier alpha value is -2.41. The molecule has 0 spiro atoms. The van der Waals surface area contributed by atoms with Crippen molar-refractivity contribution in [3.63, 3.8) is 0 Å². The van der Waals surface area contributed by atoms with Crippen molar-refractivity contribution < 1.29 is 17.6 Å². The van der Waals surface area contributed by atoms with E-state index in [0.717, 1.165) is 4.31 Å². The summed E-state index contributed by atoms with van der Waals surface area (Å²) in [5.41, 5.74) is 1.33. The van der Waals surface area contributed by atoms with E-state index in [1.807, 2.05) is 0 Å². The van der Waals surface area contributed by atoms with Crippen LogP contribution in [0.1, 0.15) is 18.9 Å². The molecule has 126 valence electrons. The second-order valence-corrected chi connectivity index (χ2v) is 7.50. The third-order valence-electron chi connectivity index (χ3n) is 3.89. The van der Waals surface area contributed by atoms with Crippen molar-refractivity contribution in [1.82, 2.24) is 0 Å². The Kier molecular flexibility index (Phi) is 4.28. The number of rotatable bonds is 3. The molecular weight excluding hydrogens is 331 g/mol. The number of sulfonamides is 1. The van der Waals surface area contributed by atoms with Gasteiger partial charge in [0, 0.05) is 19.2 Å². The van der Waals surface area contributed by atoms with Gasteiger partial charge in [-0.15, -0.1) is 0 Å². The van der Waals surface area contributed by atoms with Crippen molar-refractivity contribution in [2.24, 2.45) is 0 Å². The van der Waals surface area contributed by atoms with E-state index in [-0.39, 0.29) is 23.0 Å². The van der Waals surface area contributed by atoms with Crippen LogP contribution < -0.4 is 9.62 Å². The molecule has 0 saturated carbocycles. The largest absolute Gasteiger partial charge is 0.326 e. The molecule has 1 heterocycles. The van der Waals surface area contributed by atoms with Gasteiger partial charge in [0.05, 0.1) is 10.6 Å². The number of fused-ring (bicyclic) bond motifs is 1. The summed E-state index contributed by atoms with van der Waals surface area (Å²) in [6.07, 6.45) is 1.29. The van der Waals surface area contributed by atoms with E-state index in [0.29, 0.717) is 24.1 Å². The maximum Gasteiger partial charge on any atom is 0.264 e. The fourth-order valence-corrected chi connectivity index (χ4v) is 4.40. The van der Waals surface area contributed by atoms with Crippen LogP contribution in [0.15, 0.2) is 47.4 Å². The first-order valence-electron chi connectivity index (χ1n) is 7.57. The first-order chi connectivity index (χ1) is 11.4. The minimum Gasteiger partial charge on any atom is -0.326 e. The number of para-hydroxylation sites is 1. The molecule has 1 aliphatic heterocycles. The molecule has 5 nitrogen and oxygen atoms in total. The summed E-state index contributed by atoms with van der Waals surface area (Å²) in [4.78, 5) is 11.1. The SMILES string of the molecule is CC(=O)Nc1ccc(S(=O)(=O)N2CCCc3cccc(F)c32)cc1. The highest BCUT2D eigenvalue weighted by Crippen LogP contribution is 2.34. The molecule has 0 saturated heterocycles. The zero-order valence-electron chi connectivity index (χ0n) is 13.1. The van der Waals surface area contributed by atoms with Crippen molar-refractivity contribution in [1.29, 1.82) is 0 Å². The summed E-state index contributed by atoms with van der Waals surface area (Å²) >= 11 is 0. The van der Waals surface area contributed by atoms with Gasteiger partial charge in [-0.25, -0.2) is 12.8 Å². The van der Waals surface area contributed by atoms with Gasteiger partial charge in [0.25, 0.3) is 10.0 Å². The van der Waals surface area contributed by atoms with Crippen LogP contribution in [-0.4, -0.2) is 20.9 Å². The molecular formula is C17H17FN2O3S. The lowest BCUT2D eigenvalue weighted by Gasteiger charge is -2.30. The van der Waals surface area contributed by atoms with Crippen molar-refractivity contribution in [3.05, 3.63) is 53.8 Å². The number of carbonyl (C=O) groups is 1. The monoisotopic (exact) mass is 348 g/mol. The maximum atomic E-state index is 14.2.